The number of ether oxygens (including phenoxy) is 1. The van der Waals surface area contributed by atoms with E-state index in [0.29, 0.717) is 13.0 Å². The molecular formula is C15H20N2O2. The molecule has 4 nitrogen and oxygen atoms in total. The Balaban J connectivity index is 2.10. The number of aromatic amines is 1. The van der Waals surface area contributed by atoms with Crippen LogP contribution in [-0.2, 0) is 16.0 Å². The van der Waals surface area contributed by atoms with E-state index in [1.807, 2.05) is 44.4 Å². The van der Waals surface area contributed by atoms with Crippen LogP contribution in [0.3, 0.4) is 0 Å². The van der Waals surface area contributed by atoms with Crippen LogP contribution in [0.25, 0.3) is 10.9 Å². The molecule has 0 aliphatic carbocycles. The van der Waals surface area contributed by atoms with E-state index in [-0.39, 0.29) is 11.9 Å². The Hall–Kier alpha value is -1.81. The molecule has 19 heavy (non-hydrogen) atoms. The lowest BCUT2D eigenvalue weighted by molar-refractivity contribution is -0.131. The lowest BCUT2D eigenvalue weighted by Gasteiger charge is -2.24. The SMILES string of the molecule is COCC(C)N(C)C(=O)Cc1c[nH]c2ccccc12. The molecule has 0 radical (unpaired) electrons. The predicted molar refractivity (Wildman–Crippen MR) is 76.1 cm³/mol. The molecule has 4 heteroatoms. The maximum Gasteiger partial charge on any atom is 0.227 e. The topological polar surface area (TPSA) is 45.3 Å². The highest BCUT2D eigenvalue weighted by Crippen LogP contribution is 2.18. The molecule has 1 unspecified atom stereocenters. The number of para-hydroxylation sites is 1. The zero-order valence-corrected chi connectivity index (χ0v) is 11.6. The van der Waals surface area contributed by atoms with E-state index in [1.54, 1.807) is 12.0 Å². The number of fused-ring (bicyclic) bond motifs is 1. The second-order valence-corrected chi connectivity index (χ2v) is 4.85. The van der Waals surface area contributed by atoms with Gasteiger partial charge >= 0.3 is 0 Å². The van der Waals surface area contributed by atoms with E-state index in [4.69, 9.17) is 4.74 Å². The van der Waals surface area contributed by atoms with E-state index >= 15 is 0 Å². The third-order valence-electron chi connectivity index (χ3n) is 3.48. The average Bonchev–Trinajstić information content (AvgIpc) is 2.81. The molecule has 1 amide bonds. The van der Waals surface area contributed by atoms with Crippen molar-refractivity contribution in [3.8, 4) is 0 Å². The first-order valence-electron chi connectivity index (χ1n) is 6.43. The number of H-pyrrole nitrogens is 1. The summed E-state index contributed by atoms with van der Waals surface area (Å²) in [5.41, 5.74) is 2.11. The van der Waals surface area contributed by atoms with Gasteiger partial charge in [0.2, 0.25) is 5.91 Å². The standard InChI is InChI=1S/C15H20N2O2/c1-11(10-19-3)17(2)15(18)8-12-9-16-14-7-5-4-6-13(12)14/h4-7,9,11,16H,8,10H2,1-3H3. The second-order valence-electron chi connectivity index (χ2n) is 4.85. The Morgan fingerprint density at radius 3 is 2.89 bits per heavy atom. The number of carbonyl (C=O) groups excluding carboxylic acids is 1. The van der Waals surface area contributed by atoms with E-state index < -0.39 is 0 Å². The quantitative estimate of drug-likeness (QED) is 0.895. The number of benzene rings is 1. The minimum atomic E-state index is 0.0858. The zero-order valence-electron chi connectivity index (χ0n) is 11.6. The van der Waals surface area contributed by atoms with E-state index in [0.717, 1.165) is 16.5 Å². The maximum atomic E-state index is 12.2. The predicted octanol–water partition coefficient (Wildman–Crippen LogP) is 2.20. The van der Waals surface area contributed by atoms with Gasteiger partial charge in [0.05, 0.1) is 19.1 Å². The minimum absolute atomic E-state index is 0.0858. The molecule has 0 bridgehead atoms. The molecule has 0 saturated heterocycles. The maximum absolute atomic E-state index is 12.2. The fraction of sp³-hybridized carbons (Fsp3) is 0.400. The smallest absolute Gasteiger partial charge is 0.227 e. The van der Waals surface area contributed by atoms with Crippen LogP contribution in [0.5, 0.6) is 0 Å². The number of amides is 1. The minimum Gasteiger partial charge on any atom is -0.383 e. The van der Waals surface area contributed by atoms with Crippen LogP contribution >= 0.6 is 0 Å². The lowest BCUT2D eigenvalue weighted by Crippen LogP contribution is -2.38. The van der Waals surface area contributed by atoms with Crippen molar-refractivity contribution in [3.05, 3.63) is 36.0 Å². The highest BCUT2D eigenvalue weighted by atomic mass is 16.5. The van der Waals surface area contributed by atoms with Crippen LogP contribution in [0.4, 0.5) is 0 Å². The molecule has 1 atom stereocenters. The number of nitrogens with one attached hydrogen (secondary N) is 1. The third kappa shape index (κ3) is 2.96. The van der Waals surface area contributed by atoms with Gasteiger partial charge in [0, 0.05) is 31.3 Å². The molecular weight excluding hydrogens is 240 g/mol. The summed E-state index contributed by atoms with van der Waals surface area (Å²) in [4.78, 5) is 17.2. The number of rotatable bonds is 5. The Bertz CT molecular complexity index is 562. The van der Waals surface area contributed by atoms with E-state index in [2.05, 4.69) is 4.98 Å². The Morgan fingerprint density at radius 1 is 1.42 bits per heavy atom. The fourth-order valence-corrected chi connectivity index (χ4v) is 2.16. The Labute approximate surface area is 113 Å². The number of likely N-dealkylation sites (N-methyl/N-ethyl adjacent to an activating group) is 1. The largest absolute Gasteiger partial charge is 0.383 e. The summed E-state index contributed by atoms with van der Waals surface area (Å²) in [7, 11) is 3.47. The molecule has 102 valence electrons. The summed E-state index contributed by atoms with van der Waals surface area (Å²) in [5, 5.41) is 1.11. The number of methoxy groups -OCH3 is 1. The van der Waals surface area contributed by atoms with Crippen molar-refractivity contribution >= 4 is 16.8 Å². The summed E-state index contributed by atoms with van der Waals surface area (Å²) in [5.74, 6) is 0.106. The van der Waals surface area contributed by atoms with Crippen LogP contribution in [-0.4, -0.2) is 42.6 Å². The summed E-state index contributed by atoms with van der Waals surface area (Å²) in [6, 6.07) is 8.11. The first kappa shape index (κ1) is 13.6. The molecule has 2 rings (SSSR count). The molecule has 0 saturated carbocycles. The highest BCUT2D eigenvalue weighted by Gasteiger charge is 2.17. The van der Waals surface area contributed by atoms with Crippen molar-refractivity contribution in [1.29, 1.82) is 0 Å². The normalized spacial score (nSPS) is 12.6. The molecule has 0 spiro atoms. The monoisotopic (exact) mass is 260 g/mol. The van der Waals surface area contributed by atoms with Crippen LogP contribution in [0.15, 0.2) is 30.5 Å². The molecule has 1 aromatic heterocycles. The van der Waals surface area contributed by atoms with Crippen molar-refractivity contribution in [1.82, 2.24) is 9.88 Å². The summed E-state index contributed by atoms with van der Waals surface area (Å²) in [6.07, 6.45) is 2.33. The van der Waals surface area contributed by atoms with E-state index in [1.165, 1.54) is 0 Å². The van der Waals surface area contributed by atoms with Gasteiger partial charge in [-0.25, -0.2) is 0 Å². The molecule has 1 N–H and O–H groups in total. The van der Waals surface area contributed by atoms with Crippen molar-refractivity contribution in [2.24, 2.45) is 0 Å². The molecule has 0 fully saturated rings. The highest BCUT2D eigenvalue weighted by molar-refractivity contribution is 5.88. The van der Waals surface area contributed by atoms with Crippen LogP contribution in [0.2, 0.25) is 0 Å². The van der Waals surface area contributed by atoms with Crippen molar-refractivity contribution in [2.75, 3.05) is 20.8 Å². The number of hydrogen-bond donors (Lipinski definition) is 1. The van der Waals surface area contributed by atoms with Gasteiger partial charge in [-0.3, -0.25) is 4.79 Å². The summed E-state index contributed by atoms with van der Waals surface area (Å²) >= 11 is 0. The number of nitrogens with zero attached hydrogens (tertiary/aromatic N) is 1. The van der Waals surface area contributed by atoms with Gasteiger partial charge in [-0.15, -0.1) is 0 Å². The zero-order chi connectivity index (χ0) is 13.8. The second kappa shape index (κ2) is 5.89. The van der Waals surface area contributed by atoms with Gasteiger partial charge in [0.25, 0.3) is 0 Å². The van der Waals surface area contributed by atoms with Gasteiger partial charge in [0.1, 0.15) is 0 Å². The number of hydrogen-bond acceptors (Lipinski definition) is 2. The van der Waals surface area contributed by atoms with Gasteiger partial charge in [-0.1, -0.05) is 18.2 Å². The molecule has 1 heterocycles. The molecule has 1 aromatic carbocycles. The average molecular weight is 260 g/mol. The van der Waals surface area contributed by atoms with Gasteiger partial charge in [-0.2, -0.15) is 0 Å². The van der Waals surface area contributed by atoms with Gasteiger partial charge in [-0.05, 0) is 18.6 Å². The Kier molecular flexibility index (Phi) is 4.22. The molecule has 0 aliphatic rings. The van der Waals surface area contributed by atoms with E-state index in [9.17, 15) is 4.79 Å². The van der Waals surface area contributed by atoms with Crippen molar-refractivity contribution in [3.63, 3.8) is 0 Å². The van der Waals surface area contributed by atoms with Gasteiger partial charge < -0.3 is 14.6 Å². The Morgan fingerprint density at radius 2 is 2.16 bits per heavy atom. The first-order valence-corrected chi connectivity index (χ1v) is 6.43. The van der Waals surface area contributed by atoms with Crippen LogP contribution in [0.1, 0.15) is 12.5 Å². The first-order chi connectivity index (χ1) is 9.13. The molecule has 2 aromatic rings. The van der Waals surface area contributed by atoms with Crippen molar-refractivity contribution in [2.45, 2.75) is 19.4 Å². The van der Waals surface area contributed by atoms with Crippen LogP contribution in [0, 0.1) is 0 Å². The lowest BCUT2D eigenvalue weighted by atomic mass is 10.1. The number of carbonyl (C=O) groups is 1. The number of aromatic nitrogens is 1. The van der Waals surface area contributed by atoms with Crippen molar-refractivity contribution < 1.29 is 9.53 Å². The summed E-state index contributed by atoms with van der Waals surface area (Å²) < 4.78 is 5.08. The van der Waals surface area contributed by atoms with Gasteiger partial charge in [0.15, 0.2) is 0 Å². The molecule has 0 aliphatic heterocycles. The summed E-state index contributed by atoms with van der Waals surface area (Å²) in [6.45, 7) is 2.53. The van der Waals surface area contributed by atoms with Crippen LogP contribution < -0.4 is 0 Å². The fourth-order valence-electron chi connectivity index (χ4n) is 2.16. The third-order valence-corrected chi connectivity index (χ3v) is 3.48.